The number of aliphatic hydroxyl groups is 1. The van der Waals surface area contributed by atoms with Crippen LogP contribution in [0.15, 0.2) is 0 Å². The fourth-order valence-corrected chi connectivity index (χ4v) is 1.80. The van der Waals surface area contributed by atoms with Crippen LogP contribution >= 0.6 is 0 Å². The predicted octanol–water partition coefficient (Wildman–Crippen LogP) is 1.71. The van der Waals surface area contributed by atoms with Crippen molar-refractivity contribution >= 4 is 5.91 Å². The lowest BCUT2D eigenvalue weighted by atomic mass is 10.0. The van der Waals surface area contributed by atoms with Crippen molar-refractivity contribution in [3.05, 3.63) is 0 Å². The third-order valence-electron chi connectivity index (χ3n) is 2.61. The molecule has 3 nitrogen and oxygen atoms in total. The van der Waals surface area contributed by atoms with E-state index in [0.29, 0.717) is 4.90 Å². The van der Waals surface area contributed by atoms with E-state index in [1.54, 1.807) is 0 Å². The molecule has 106 valence electrons. The Kier molecular flexibility index (Phi) is 4.14. The second kappa shape index (κ2) is 4.94. The van der Waals surface area contributed by atoms with Gasteiger partial charge in [0.15, 0.2) is 0 Å². The topological polar surface area (TPSA) is 40.5 Å². The average molecular weight is 279 g/mol. The number of likely N-dealkylation sites (tertiary alicyclic amines) is 1. The Morgan fingerprint density at radius 3 is 2.06 bits per heavy atom. The zero-order valence-electron chi connectivity index (χ0n) is 9.05. The van der Waals surface area contributed by atoms with E-state index in [4.69, 9.17) is 5.11 Å². The van der Waals surface area contributed by atoms with Gasteiger partial charge in [-0.2, -0.15) is 26.3 Å². The van der Waals surface area contributed by atoms with Gasteiger partial charge in [-0.25, -0.2) is 0 Å². The molecule has 0 bridgehead atoms. The number of carbonyl (C=O) groups excluding carboxylic acids is 1. The van der Waals surface area contributed by atoms with Crippen LogP contribution in [0.5, 0.6) is 0 Å². The lowest BCUT2D eigenvalue weighted by Crippen LogP contribution is -2.52. The molecule has 1 rings (SSSR count). The molecule has 0 saturated carbocycles. The first kappa shape index (κ1) is 15.1. The summed E-state index contributed by atoms with van der Waals surface area (Å²) in [6.45, 7) is -0.708. The van der Waals surface area contributed by atoms with Gasteiger partial charge >= 0.3 is 12.4 Å². The lowest BCUT2D eigenvalue weighted by Gasteiger charge is -2.34. The standard InChI is InChI=1S/C9H11F6NO2/c10-8(11,12)6(9(13,14)15)7(18)16-3-1-2-5(17)4-16/h5-6,17H,1-4H2. The molecule has 0 aromatic carbocycles. The zero-order valence-corrected chi connectivity index (χ0v) is 9.05. The van der Waals surface area contributed by atoms with E-state index < -0.39 is 36.8 Å². The average Bonchev–Trinajstić information content (AvgIpc) is 2.12. The second-order valence-corrected chi connectivity index (χ2v) is 4.10. The summed E-state index contributed by atoms with van der Waals surface area (Å²) in [5.74, 6) is -6.07. The van der Waals surface area contributed by atoms with Gasteiger partial charge in [0.05, 0.1) is 6.10 Å². The van der Waals surface area contributed by atoms with Crippen molar-refractivity contribution in [1.29, 1.82) is 0 Å². The van der Waals surface area contributed by atoms with Gasteiger partial charge in [0.25, 0.3) is 0 Å². The molecular formula is C9H11F6NO2. The van der Waals surface area contributed by atoms with Crippen LogP contribution in [0.25, 0.3) is 0 Å². The number of aliphatic hydroxyl groups excluding tert-OH is 1. The molecule has 0 spiro atoms. The number of nitrogens with zero attached hydrogens (tertiary/aromatic N) is 1. The second-order valence-electron chi connectivity index (χ2n) is 4.10. The molecule has 1 saturated heterocycles. The first-order valence-corrected chi connectivity index (χ1v) is 5.13. The summed E-state index contributed by atoms with van der Waals surface area (Å²) >= 11 is 0. The number of piperidine rings is 1. The highest BCUT2D eigenvalue weighted by molar-refractivity contribution is 5.80. The maximum absolute atomic E-state index is 12.3. The number of rotatable bonds is 1. The van der Waals surface area contributed by atoms with Crippen molar-refractivity contribution in [2.45, 2.75) is 31.3 Å². The van der Waals surface area contributed by atoms with Gasteiger partial charge in [-0.3, -0.25) is 4.79 Å². The summed E-state index contributed by atoms with van der Waals surface area (Å²) in [4.78, 5) is 11.7. The molecule has 0 radical (unpaired) electrons. The largest absolute Gasteiger partial charge is 0.409 e. The van der Waals surface area contributed by atoms with Crippen LogP contribution in [0.4, 0.5) is 26.3 Å². The summed E-state index contributed by atoms with van der Waals surface area (Å²) in [6, 6.07) is 0. The summed E-state index contributed by atoms with van der Waals surface area (Å²) in [6.07, 6.45) is -12.0. The molecule has 1 amide bonds. The minimum atomic E-state index is -5.68. The molecule has 1 atom stereocenters. The van der Waals surface area contributed by atoms with Crippen LogP contribution in [0.1, 0.15) is 12.8 Å². The van der Waals surface area contributed by atoms with Crippen LogP contribution in [0.3, 0.4) is 0 Å². The van der Waals surface area contributed by atoms with Crippen LogP contribution in [-0.2, 0) is 4.79 Å². The normalized spacial score (nSPS) is 22.4. The Hall–Kier alpha value is -0.990. The number of carbonyl (C=O) groups is 1. The quantitative estimate of drug-likeness (QED) is 0.742. The van der Waals surface area contributed by atoms with Gasteiger partial charge in [0, 0.05) is 13.1 Å². The third-order valence-corrected chi connectivity index (χ3v) is 2.61. The molecule has 1 N–H and O–H groups in total. The van der Waals surface area contributed by atoms with Crippen LogP contribution in [-0.4, -0.2) is 47.5 Å². The van der Waals surface area contributed by atoms with Crippen LogP contribution in [0.2, 0.25) is 0 Å². The van der Waals surface area contributed by atoms with E-state index in [2.05, 4.69) is 0 Å². The zero-order chi connectivity index (χ0) is 14.1. The Labute approximate surface area is 98.4 Å². The van der Waals surface area contributed by atoms with Gasteiger partial charge in [-0.1, -0.05) is 0 Å². The SMILES string of the molecule is O=C(C(C(F)(F)F)C(F)(F)F)N1CCCC(O)C1. The van der Waals surface area contributed by atoms with Gasteiger partial charge in [0.2, 0.25) is 11.8 Å². The van der Waals surface area contributed by atoms with Crippen molar-refractivity contribution < 1.29 is 36.2 Å². The number of amides is 1. The maximum Gasteiger partial charge on any atom is 0.409 e. The number of β-amino-alcohol motifs (C(OH)–C–C–N with tert-alkyl or cyclic N) is 1. The number of hydrogen-bond donors (Lipinski definition) is 1. The summed E-state index contributed by atoms with van der Waals surface area (Å²) in [5.41, 5.74) is 0. The molecule has 9 heteroatoms. The summed E-state index contributed by atoms with van der Waals surface area (Å²) in [5, 5.41) is 9.16. The molecule has 1 heterocycles. The highest BCUT2D eigenvalue weighted by Crippen LogP contribution is 2.40. The summed E-state index contributed by atoms with van der Waals surface area (Å²) < 4.78 is 73.7. The highest BCUT2D eigenvalue weighted by Gasteiger charge is 2.62. The maximum atomic E-state index is 12.3. The van der Waals surface area contributed by atoms with Crippen LogP contribution < -0.4 is 0 Å². The molecule has 0 aromatic rings. The van der Waals surface area contributed by atoms with Crippen molar-refractivity contribution in [2.24, 2.45) is 5.92 Å². The van der Waals surface area contributed by atoms with Crippen molar-refractivity contribution in [3.8, 4) is 0 Å². The Bertz CT molecular complexity index is 299. The molecular weight excluding hydrogens is 268 g/mol. The Morgan fingerprint density at radius 1 is 1.17 bits per heavy atom. The number of alkyl halides is 6. The summed E-state index contributed by atoms with van der Waals surface area (Å²) in [7, 11) is 0. The van der Waals surface area contributed by atoms with Gasteiger partial charge in [-0.15, -0.1) is 0 Å². The van der Waals surface area contributed by atoms with Crippen LogP contribution in [0, 0.1) is 5.92 Å². The first-order valence-electron chi connectivity index (χ1n) is 5.13. The molecule has 1 aliphatic rings. The van der Waals surface area contributed by atoms with E-state index >= 15 is 0 Å². The molecule has 18 heavy (non-hydrogen) atoms. The third kappa shape index (κ3) is 3.50. The minimum absolute atomic E-state index is 0.176. The molecule has 1 unspecified atom stereocenters. The predicted molar refractivity (Wildman–Crippen MR) is 47.4 cm³/mol. The fraction of sp³-hybridized carbons (Fsp3) is 0.889. The van der Waals surface area contributed by atoms with Gasteiger partial charge in [-0.05, 0) is 12.8 Å². The molecule has 0 aliphatic carbocycles. The van der Waals surface area contributed by atoms with E-state index in [1.165, 1.54) is 0 Å². The van der Waals surface area contributed by atoms with Crippen molar-refractivity contribution in [2.75, 3.05) is 13.1 Å². The van der Waals surface area contributed by atoms with Crippen molar-refractivity contribution in [3.63, 3.8) is 0 Å². The number of halogens is 6. The fourth-order valence-electron chi connectivity index (χ4n) is 1.80. The van der Waals surface area contributed by atoms with E-state index in [1.807, 2.05) is 0 Å². The molecule has 1 aliphatic heterocycles. The number of hydrogen-bond acceptors (Lipinski definition) is 2. The Morgan fingerprint density at radius 2 is 1.67 bits per heavy atom. The van der Waals surface area contributed by atoms with Crippen molar-refractivity contribution in [1.82, 2.24) is 4.90 Å². The smallest absolute Gasteiger partial charge is 0.391 e. The highest BCUT2D eigenvalue weighted by atomic mass is 19.4. The lowest BCUT2D eigenvalue weighted by molar-refractivity contribution is -0.278. The van der Waals surface area contributed by atoms with E-state index in [0.717, 1.165) is 0 Å². The molecule has 0 aromatic heterocycles. The van der Waals surface area contributed by atoms with Gasteiger partial charge < -0.3 is 10.0 Å². The molecule has 1 fully saturated rings. The monoisotopic (exact) mass is 279 g/mol. The first-order chi connectivity index (χ1) is 8.03. The van der Waals surface area contributed by atoms with E-state index in [9.17, 15) is 31.1 Å². The minimum Gasteiger partial charge on any atom is -0.391 e. The Balaban J connectivity index is 2.90. The van der Waals surface area contributed by atoms with Gasteiger partial charge in [0.1, 0.15) is 0 Å². The van der Waals surface area contributed by atoms with E-state index in [-0.39, 0.29) is 19.4 Å².